The minimum Gasteiger partial charge on any atom is -0.484 e. The lowest BCUT2D eigenvalue weighted by atomic mass is 9.92. The lowest BCUT2D eigenvalue weighted by Gasteiger charge is -2.15. The van der Waals surface area contributed by atoms with Crippen LogP contribution in [-0.2, 0) is 11.2 Å². The number of methoxy groups -OCH3 is 1. The number of rotatable bonds is 2. The molecule has 0 bridgehead atoms. The average molecular weight is 205 g/mol. The third-order valence-electron chi connectivity index (χ3n) is 3.11. The van der Waals surface area contributed by atoms with Gasteiger partial charge < -0.3 is 4.74 Å². The van der Waals surface area contributed by atoms with Crippen molar-refractivity contribution in [2.45, 2.75) is 34.1 Å². The highest BCUT2D eigenvalue weighted by molar-refractivity contribution is 5.76. The topological polar surface area (TPSA) is 33.1 Å². The summed E-state index contributed by atoms with van der Waals surface area (Å²) in [6.07, 6.45) is 0.594. The van der Waals surface area contributed by atoms with Crippen molar-refractivity contribution >= 4 is 5.90 Å². The van der Waals surface area contributed by atoms with Gasteiger partial charge in [-0.1, -0.05) is 6.07 Å². The molecule has 0 aliphatic carbocycles. The first-order chi connectivity index (χ1) is 6.97. The monoisotopic (exact) mass is 205 g/mol. The molecule has 0 aromatic heterocycles. The summed E-state index contributed by atoms with van der Waals surface area (Å²) in [5, 5.41) is 7.59. The van der Waals surface area contributed by atoms with E-state index in [9.17, 15) is 0 Å². The molecule has 2 nitrogen and oxygen atoms in total. The molecule has 2 heteroatoms. The van der Waals surface area contributed by atoms with Crippen molar-refractivity contribution in [2.24, 2.45) is 0 Å². The molecule has 15 heavy (non-hydrogen) atoms. The van der Waals surface area contributed by atoms with Crippen molar-refractivity contribution in [3.05, 3.63) is 33.9 Å². The van der Waals surface area contributed by atoms with Gasteiger partial charge in [-0.2, -0.15) is 0 Å². The van der Waals surface area contributed by atoms with Gasteiger partial charge in [-0.25, -0.2) is 0 Å². The largest absolute Gasteiger partial charge is 0.484 e. The Morgan fingerprint density at radius 3 is 2.00 bits per heavy atom. The Morgan fingerprint density at radius 2 is 1.60 bits per heavy atom. The van der Waals surface area contributed by atoms with Crippen LogP contribution in [0, 0.1) is 33.1 Å². The number of hydrogen-bond acceptors (Lipinski definition) is 2. The number of aryl methyl sites for hydroxylation is 2. The zero-order valence-corrected chi connectivity index (χ0v) is 10.2. The van der Waals surface area contributed by atoms with Gasteiger partial charge in [0.2, 0.25) is 0 Å². The maximum Gasteiger partial charge on any atom is 0.184 e. The predicted octanol–water partition coefficient (Wildman–Crippen LogP) is 3.09. The van der Waals surface area contributed by atoms with Crippen LogP contribution in [0.3, 0.4) is 0 Å². The van der Waals surface area contributed by atoms with Gasteiger partial charge in [0, 0.05) is 6.42 Å². The molecule has 0 atom stereocenters. The number of nitrogens with one attached hydrogen (secondary N) is 1. The second-order valence-electron chi connectivity index (χ2n) is 4.04. The number of hydrogen-bond donors (Lipinski definition) is 1. The molecule has 0 aliphatic heterocycles. The molecule has 0 aliphatic rings. The summed E-state index contributed by atoms with van der Waals surface area (Å²) in [6, 6.07) is 2.20. The number of ether oxygens (including phenoxy) is 1. The van der Waals surface area contributed by atoms with Crippen molar-refractivity contribution in [1.29, 1.82) is 5.41 Å². The zero-order valence-electron chi connectivity index (χ0n) is 10.2. The molecule has 0 amide bonds. The van der Waals surface area contributed by atoms with Crippen molar-refractivity contribution in [2.75, 3.05) is 7.11 Å². The van der Waals surface area contributed by atoms with Crippen molar-refractivity contribution in [3.63, 3.8) is 0 Å². The van der Waals surface area contributed by atoms with Crippen LogP contribution < -0.4 is 0 Å². The Kier molecular flexibility index (Phi) is 3.51. The van der Waals surface area contributed by atoms with E-state index >= 15 is 0 Å². The van der Waals surface area contributed by atoms with E-state index in [0.717, 1.165) is 0 Å². The molecular formula is C13H19NO. The summed E-state index contributed by atoms with van der Waals surface area (Å²) in [5.74, 6) is 0.325. The lowest BCUT2D eigenvalue weighted by molar-refractivity contribution is 0.390. The molecule has 0 heterocycles. The van der Waals surface area contributed by atoms with Crippen LogP contribution in [0.5, 0.6) is 0 Å². The summed E-state index contributed by atoms with van der Waals surface area (Å²) in [5.41, 5.74) is 6.37. The molecule has 1 N–H and O–H groups in total. The normalized spacial score (nSPS) is 10.2. The Morgan fingerprint density at radius 1 is 1.13 bits per heavy atom. The van der Waals surface area contributed by atoms with E-state index in [1.165, 1.54) is 27.8 Å². The van der Waals surface area contributed by atoms with Crippen LogP contribution in [0.15, 0.2) is 6.07 Å². The second-order valence-corrected chi connectivity index (χ2v) is 4.04. The Labute approximate surface area is 91.8 Å². The summed E-state index contributed by atoms with van der Waals surface area (Å²) >= 11 is 0. The minimum atomic E-state index is 0.325. The maximum atomic E-state index is 7.59. The van der Waals surface area contributed by atoms with E-state index in [-0.39, 0.29) is 0 Å². The van der Waals surface area contributed by atoms with Gasteiger partial charge in [0.05, 0.1) is 7.11 Å². The summed E-state index contributed by atoms with van der Waals surface area (Å²) in [7, 11) is 1.55. The molecule has 0 unspecified atom stereocenters. The van der Waals surface area contributed by atoms with Gasteiger partial charge in [0.15, 0.2) is 5.90 Å². The van der Waals surface area contributed by atoms with E-state index in [2.05, 4.69) is 33.8 Å². The molecule has 1 aromatic carbocycles. The van der Waals surface area contributed by atoms with Crippen LogP contribution in [0.2, 0.25) is 0 Å². The third kappa shape index (κ3) is 2.38. The molecule has 0 radical (unpaired) electrons. The highest BCUT2D eigenvalue weighted by Crippen LogP contribution is 2.22. The average Bonchev–Trinajstić information content (AvgIpc) is 2.21. The van der Waals surface area contributed by atoms with Gasteiger partial charge in [-0.15, -0.1) is 0 Å². The van der Waals surface area contributed by atoms with Gasteiger partial charge >= 0.3 is 0 Å². The van der Waals surface area contributed by atoms with E-state index < -0.39 is 0 Å². The van der Waals surface area contributed by atoms with Gasteiger partial charge in [-0.05, 0) is 55.5 Å². The molecule has 0 saturated heterocycles. The zero-order chi connectivity index (χ0) is 11.6. The molecule has 0 spiro atoms. The van der Waals surface area contributed by atoms with E-state index in [4.69, 9.17) is 10.1 Å². The van der Waals surface area contributed by atoms with Crippen LogP contribution in [0.4, 0.5) is 0 Å². The molecule has 82 valence electrons. The molecule has 1 aromatic rings. The molecular weight excluding hydrogens is 186 g/mol. The van der Waals surface area contributed by atoms with Crippen molar-refractivity contribution < 1.29 is 4.74 Å². The third-order valence-corrected chi connectivity index (χ3v) is 3.11. The molecule has 0 fully saturated rings. The lowest BCUT2D eigenvalue weighted by Crippen LogP contribution is -2.08. The van der Waals surface area contributed by atoms with Gasteiger partial charge in [0.25, 0.3) is 0 Å². The quantitative estimate of drug-likeness (QED) is 0.584. The first kappa shape index (κ1) is 11.8. The first-order valence-electron chi connectivity index (χ1n) is 5.15. The standard InChI is InChI=1S/C13H19NO/c1-8-6-9(2)11(4)12(10(8)3)7-13(14)15-5/h6,14H,7H2,1-5H3. The van der Waals surface area contributed by atoms with Gasteiger partial charge in [-0.3, -0.25) is 5.41 Å². The van der Waals surface area contributed by atoms with Crippen LogP contribution in [0.25, 0.3) is 0 Å². The fourth-order valence-corrected chi connectivity index (χ4v) is 1.80. The van der Waals surface area contributed by atoms with E-state index in [1.807, 2.05) is 0 Å². The fourth-order valence-electron chi connectivity index (χ4n) is 1.80. The second kappa shape index (κ2) is 4.47. The Balaban J connectivity index is 3.21. The summed E-state index contributed by atoms with van der Waals surface area (Å²) in [4.78, 5) is 0. The SMILES string of the molecule is COC(=N)Cc1c(C)c(C)cc(C)c1C. The molecule has 0 saturated carbocycles. The predicted molar refractivity (Wildman–Crippen MR) is 63.8 cm³/mol. The van der Waals surface area contributed by atoms with Crippen molar-refractivity contribution in [1.82, 2.24) is 0 Å². The summed E-state index contributed by atoms with van der Waals surface area (Å²) < 4.78 is 4.93. The highest BCUT2D eigenvalue weighted by atomic mass is 16.5. The highest BCUT2D eigenvalue weighted by Gasteiger charge is 2.10. The Hall–Kier alpha value is -1.31. The van der Waals surface area contributed by atoms with Crippen molar-refractivity contribution in [3.8, 4) is 0 Å². The maximum absolute atomic E-state index is 7.59. The van der Waals surface area contributed by atoms with Crippen LogP contribution in [-0.4, -0.2) is 13.0 Å². The molecule has 1 rings (SSSR count). The fraction of sp³-hybridized carbons (Fsp3) is 0.462. The first-order valence-corrected chi connectivity index (χ1v) is 5.15. The van der Waals surface area contributed by atoms with E-state index in [1.54, 1.807) is 7.11 Å². The minimum absolute atomic E-state index is 0.325. The van der Waals surface area contributed by atoms with Crippen LogP contribution in [0.1, 0.15) is 27.8 Å². The van der Waals surface area contributed by atoms with Gasteiger partial charge in [0.1, 0.15) is 0 Å². The summed E-state index contributed by atoms with van der Waals surface area (Å²) in [6.45, 7) is 8.45. The number of benzene rings is 1. The van der Waals surface area contributed by atoms with E-state index in [0.29, 0.717) is 12.3 Å². The Bertz CT molecular complexity index is 368. The van der Waals surface area contributed by atoms with Crippen LogP contribution >= 0.6 is 0 Å². The smallest absolute Gasteiger partial charge is 0.184 e.